The molecular formula is C24H20N2O3S3. The quantitative estimate of drug-likeness (QED) is 0.549. The van der Waals surface area contributed by atoms with Crippen LogP contribution in [0.4, 0.5) is 5.69 Å². The van der Waals surface area contributed by atoms with Crippen LogP contribution in [-0.4, -0.2) is 22.0 Å². The number of imide groups is 1. The minimum Gasteiger partial charge on any atom is -0.307 e. The van der Waals surface area contributed by atoms with Crippen LogP contribution in [0.1, 0.15) is 27.7 Å². The molecule has 4 aliphatic rings. The number of hydrogen-bond donors (Lipinski definition) is 1. The number of anilines is 1. The number of carbonyl (C=O) groups excluding carboxylic acids is 2. The number of rotatable bonds is 2. The van der Waals surface area contributed by atoms with E-state index in [-0.39, 0.29) is 57.4 Å². The summed E-state index contributed by atoms with van der Waals surface area (Å²) in [5.41, 5.74) is 1.79. The molecule has 3 aromatic rings. The van der Waals surface area contributed by atoms with E-state index in [1.807, 2.05) is 31.2 Å². The lowest BCUT2D eigenvalue weighted by Crippen LogP contribution is -2.42. The third-order valence-corrected chi connectivity index (χ3v) is 11.4. The highest BCUT2D eigenvalue weighted by atomic mass is 32.2. The van der Waals surface area contributed by atoms with Crippen molar-refractivity contribution >= 4 is 51.9 Å². The van der Waals surface area contributed by atoms with Gasteiger partial charge >= 0.3 is 4.87 Å². The number of thiophene rings is 1. The lowest BCUT2D eigenvalue weighted by atomic mass is 9.69. The predicted octanol–water partition coefficient (Wildman–Crippen LogP) is 4.48. The Kier molecular flexibility index (Phi) is 4.03. The van der Waals surface area contributed by atoms with Crippen molar-refractivity contribution in [3.8, 4) is 0 Å². The summed E-state index contributed by atoms with van der Waals surface area (Å²) in [6.07, 6.45) is 0.929. The zero-order valence-corrected chi connectivity index (χ0v) is 19.6. The molecule has 0 spiro atoms. The van der Waals surface area contributed by atoms with E-state index in [4.69, 9.17) is 0 Å². The number of carbonyl (C=O) groups is 2. The van der Waals surface area contributed by atoms with Crippen LogP contribution in [0.2, 0.25) is 0 Å². The maximum Gasteiger partial charge on any atom is 0.305 e. The number of aromatic nitrogens is 1. The molecule has 2 aliphatic heterocycles. The Bertz CT molecular complexity index is 1310. The fraction of sp³-hybridized carbons (Fsp3) is 0.375. The fourth-order valence-electron chi connectivity index (χ4n) is 6.75. The van der Waals surface area contributed by atoms with Gasteiger partial charge in [-0.15, -0.1) is 23.1 Å². The number of nitrogens with zero attached hydrogens (tertiary/aromatic N) is 1. The van der Waals surface area contributed by atoms with E-state index >= 15 is 0 Å². The number of amides is 2. The molecule has 162 valence electrons. The number of benzene rings is 1. The molecule has 5 nitrogen and oxygen atoms in total. The summed E-state index contributed by atoms with van der Waals surface area (Å²) in [6, 6.07) is 11.9. The van der Waals surface area contributed by atoms with E-state index in [0.29, 0.717) is 5.69 Å². The van der Waals surface area contributed by atoms with Gasteiger partial charge in [-0.3, -0.25) is 19.3 Å². The van der Waals surface area contributed by atoms with Crippen molar-refractivity contribution in [1.82, 2.24) is 4.98 Å². The third kappa shape index (κ3) is 2.43. The van der Waals surface area contributed by atoms with Crippen molar-refractivity contribution in [3.05, 3.63) is 66.8 Å². The molecule has 0 radical (unpaired) electrons. The molecule has 7 rings (SSSR count). The second-order valence-corrected chi connectivity index (χ2v) is 12.5. The Morgan fingerprint density at radius 1 is 1.00 bits per heavy atom. The van der Waals surface area contributed by atoms with Crippen molar-refractivity contribution < 1.29 is 9.59 Å². The summed E-state index contributed by atoms with van der Waals surface area (Å²) in [4.78, 5) is 46.3. The van der Waals surface area contributed by atoms with Gasteiger partial charge in [-0.25, -0.2) is 0 Å². The molecule has 1 saturated heterocycles. The lowest BCUT2D eigenvalue weighted by Gasteiger charge is -2.42. The highest BCUT2D eigenvalue weighted by Gasteiger charge is 2.69. The second kappa shape index (κ2) is 6.68. The summed E-state index contributed by atoms with van der Waals surface area (Å²) >= 11 is 4.77. The zero-order chi connectivity index (χ0) is 21.7. The standard InChI is InChI=1S/C24H20N2O3S3/c1-10-4-6-11(7-5-10)26-22(27)16-12-9-13(17(16)23(26)28)19-15(12)18(14-3-2-8-30-14)20-21(31-19)25-24(29)32-20/h2-8,12-13,15-19H,9H2,1H3,(H,25,29)/t12?,13?,15?,16?,17?,18-,19?/m1/s1. The van der Waals surface area contributed by atoms with Gasteiger partial charge in [-0.1, -0.05) is 35.1 Å². The first-order valence-corrected chi connectivity index (χ1v) is 13.5. The molecule has 2 saturated carbocycles. The minimum absolute atomic E-state index is 0.0192. The van der Waals surface area contributed by atoms with Crippen LogP contribution in [0, 0.1) is 36.5 Å². The topological polar surface area (TPSA) is 70.2 Å². The van der Waals surface area contributed by atoms with Gasteiger partial charge in [0.05, 0.1) is 22.5 Å². The van der Waals surface area contributed by atoms with Gasteiger partial charge in [0.15, 0.2) is 0 Å². The summed E-state index contributed by atoms with van der Waals surface area (Å²) in [7, 11) is 0. The first kappa shape index (κ1) is 19.3. The van der Waals surface area contributed by atoms with Crippen LogP contribution in [0.25, 0.3) is 0 Å². The van der Waals surface area contributed by atoms with Crippen molar-refractivity contribution in [1.29, 1.82) is 0 Å². The summed E-state index contributed by atoms with van der Waals surface area (Å²) in [5, 5.41) is 3.30. The van der Waals surface area contributed by atoms with Gasteiger partial charge in [0, 0.05) is 20.9 Å². The Labute approximate surface area is 196 Å². The van der Waals surface area contributed by atoms with Crippen molar-refractivity contribution in [2.24, 2.45) is 29.6 Å². The Morgan fingerprint density at radius 3 is 2.47 bits per heavy atom. The SMILES string of the molecule is Cc1ccc(N2C(=O)C3C4CC(C3C2=O)C2C4Sc3[nH]c(=O)sc3[C@@H]2c2cccs2)cc1. The maximum atomic E-state index is 13.6. The molecule has 4 heterocycles. The molecule has 7 atom stereocenters. The molecular weight excluding hydrogens is 460 g/mol. The molecule has 2 aromatic heterocycles. The van der Waals surface area contributed by atoms with Gasteiger partial charge in [0.1, 0.15) is 0 Å². The number of aryl methyl sites for hydroxylation is 1. The van der Waals surface area contributed by atoms with Gasteiger partial charge < -0.3 is 4.98 Å². The second-order valence-electron chi connectivity index (χ2n) is 9.32. The Balaban J connectivity index is 1.32. The zero-order valence-electron chi connectivity index (χ0n) is 17.2. The fourth-order valence-corrected chi connectivity index (χ4v) is 10.6. The average molecular weight is 481 g/mol. The average Bonchev–Trinajstić information content (AvgIpc) is 3.57. The molecule has 6 unspecified atom stereocenters. The van der Waals surface area contributed by atoms with Crippen molar-refractivity contribution in [3.63, 3.8) is 0 Å². The van der Waals surface area contributed by atoms with Crippen LogP contribution in [0.3, 0.4) is 0 Å². The number of thioether (sulfide) groups is 1. The van der Waals surface area contributed by atoms with E-state index in [1.165, 1.54) is 21.1 Å². The largest absolute Gasteiger partial charge is 0.307 e. The molecule has 32 heavy (non-hydrogen) atoms. The number of nitrogens with one attached hydrogen (secondary N) is 1. The number of hydrogen-bond acceptors (Lipinski definition) is 6. The Morgan fingerprint density at radius 2 is 1.75 bits per heavy atom. The molecule has 2 amide bonds. The summed E-state index contributed by atoms with van der Waals surface area (Å²) in [5.74, 6) is 0.211. The van der Waals surface area contributed by atoms with Crippen molar-refractivity contribution in [2.75, 3.05) is 4.90 Å². The van der Waals surface area contributed by atoms with Gasteiger partial charge in [0.2, 0.25) is 11.8 Å². The van der Waals surface area contributed by atoms with Crippen molar-refractivity contribution in [2.45, 2.75) is 29.5 Å². The van der Waals surface area contributed by atoms with E-state index in [2.05, 4.69) is 22.5 Å². The number of aromatic amines is 1. The monoisotopic (exact) mass is 480 g/mol. The molecule has 2 bridgehead atoms. The van der Waals surface area contributed by atoms with Gasteiger partial charge in [0.25, 0.3) is 0 Å². The van der Waals surface area contributed by atoms with E-state index < -0.39 is 0 Å². The molecule has 3 fully saturated rings. The summed E-state index contributed by atoms with van der Waals surface area (Å²) < 4.78 is 0. The van der Waals surface area contributed by atoms with Crippen LogP contribution >= 0.6 is 34.4 Å². The number of fused-ring (bicyclic) bond motifs is 9. The highest BCUT2D eigenvalue weighted by Crippen LogP contribution is 2.68. The maximum absolute atomic E-state index is 13.6. The predicted molar refractivity (Wildman–Crippen MR) is 126 cm³/mol. The summed E-state index contributed by atoms with van der Waals surface area (Å²) in [6.45, 7) is 2.00. The van der Waals surface area contributed by atoms with Gasteiger partial charge in [-0.05, 0) is 54.7 Å². The highest BCUT2D eigenvalue weighted by molar-refractivity contribution is 8.00. The number of thiazole rings is 1. The minimum atomic E-state index is -0.240. The van der Waals surface area contributed by atoms with E-state index in [0.717, 1.165) is 21.9 Å². The molecule has 1 N–H and O–H groups in total. The first-order chi connectivity index (χ1) is 15.5. The van der Waals surface area contributed by atoms with Crippen LogP contribution < -0.4 is 9.77 Å². The third-order valence-electron chi connectivity index (χ3n) is 7.87. The van der Waals surface area contributed by atoms with Gasteiger partial charge in [-0.2, -0.15) is 0 Å². The Hall–Kier alpha value is -2.16. The normalized spacial score (nSPS) is 34.7. The lowest BCUT2D eigenvalue weighted by molar-refractivity contribution is -0.123. The molecule has 8 heteroatoms. The number of H-pyrrole nitrogens is 1. The van der Waals surface area contributed by atoms with E-state index in [1.54, 1.807) is 23.1 Å². The first-order valence-electron chi connectivity index (χ1n) is 10.9. The molecule has 2 aliphatic carbocycles. The van der Waals surface area contributed by atoms with Crippen LogP contribution in [0.5, 0.6) is 0 Å². The van der Waals surface area contributed by atoms with E-state index in [9.17, 15) is 14.4 Å². The smallest absolute Gasteiger partial charge is 0.305 e. The molecule has 1 aromatic carbocycles. The van der Waals surface area contributed by atoms with Crippen LogP contribution in [0.15, 0.2) is 51.6 Å². The van der Waals surface area contributed by atoms with Crippen LogP contribution in [-0.2, 0) is 9.59 Å².